The molecule has 4 N–H and O–H groups in total. The Balaban J connectivity index is 1.54. The number of sulfonamides is 1. The third-order valence-corrected chi connectivity index (χ3v) is 5.79. The molecule has 0 aromatic heterocycles. The minimum atomic E-state index is -3.74. The van der Waals surface area contributed by atoms with E-state index in [-0.39, 0.29) is 23.8 Å². The van der Waals surface area contributed by atoms with Gasteiger partial charge in [-0.3, -0.25) is 14.3 Å². The van der Waals surface area contributed by atoms with Crippen LogP contribution in [0.3, 0.4) is 0 Å². The number of nitrogens with two attached hydrogens (primary N) is 1. The molecule has 0 atom stereocenters. The molecule has 0 aliphatic rings. The number of amides is 2. The van der Waals surface area contributed by atoms with Crippen molar-refractivity contribution in [2.75, 3.05) is 16.6 Å². The van der Waals surface area contributed by atoms with E-state index in [9.17, 15) is 18.0 Å². The molecule has 2 amide bonds. The zero-order chi connectivity index (χ0) is 23.1. The zero-order valence-corrected chi connectivity index (χ0v) is 18.2. The lowest BCUT2D eigenvalue weighted by atomic mass is 10.1. The fraction of sp³-hybridized carbons (Fsp3) is 0.130. The maximum atomic E-state index is 12.5. The summed E-state index contributed by atoms with van der Waals surface area (Å²) >= 11 is 0. The van der Waals surface area contributed by atoms with Crippen LogP contribution in [-0.4, -0.2) is 26.8 Å². The third-order valence-electron chi connectivity index (χ3n) is 4.39. The van der Waals surface area contributed by atoms with Crippen LogP contribution in [0.5, 0.6) is 5.75 Å². The summed E-state index contributed by atoms with van der Waals surface area (Å²) < 4.78 is 33.0. The fourth-order valence-corrected chi connectivity index (χ4v) is 3.94. The predicted octanol–water partition coefficient (Wildman–Crippen LogP) is 2.84. The number of carbonyl (C=O) groups excluding carboxylic acids is 2. The van der Waals surface area contributed by atoms with E-state index in [0.717, 1.165) is 11.1 Å². The van der Waals surface area contributed by atoms with Crippen molar-refractivity contribution in [1.29, 1.82) is 0 Å². The van der Waals surface area contributed by atoms with Gasteiger partial charge in [0.2, 0.25) is 5.91 Å². The fourth-order valence-electron chi connectivity index (χ4n) is 2.89. The molecule has 0 radical (unpaired) electrons. The quantitative estimate of drug-likeness (QED) is 0.459. The van der Waals surface area contributed by atoms with Gasteiger partial charge in [0.05, 0.1) is 11.3 Å². The molecular weight excluding hydrogens is 430 g/mol. The number of aryl methyl sites for hydroxylation is 1. The van der Waals surface area contributed by atoms with Gasteiger partial charge in [-0.1, -0.05) is 24.3 Å². The Kier molecular flexibility index (Phi) is 7.11. The molecule has 166 valence electrons. The number of primary amides is 1. The predicted molar refractivity (Wildman–Crippen MR) is 122 cm³/mol. The van der Waals surface area contributed by atoms with E-state index < -0.39 is 15.9 Å². The number of carbonyl (C=O) groups is 2. The number of hydrogen-bond acceptors (Lipinski definition) is 5. The van der Waals surface area contributed by atoms with E-state index >= 15 is 0 Å². The van der Waals surface area contributed by atoms with Gasteiger partial charge in [-0.05, 0) is 66.6 Å². The number of ether oxygens (including phenoxy) is 1. The Labute approximate surface area is 186 Å². The van der Waals surface area contributed by atoms with E-state index in [0.29, 0.717) is 17.1 Å². The van der Waals surface area contributed by atoms with Crippen molar-refractivity contribution in [2.45, 2.75) is 18.2 Å². The second kappa shape index (κ2) is 9.97. The summed E-state index contributed by atoms with van der Waals surface area (Å²) in [4.78, 5) is 23.1. The van der Waals surface area contributed by atoms with Gasteiger partial charge >= 0.3 is 0 Å². The van der Waals surface area contributed by atoms with E-state index in [1.54, 1.807) is 42.5 Å². The van der Waals surface area contributed by atoms with Crippen LogP contribution in [0, 0.1) is 6.92 Å². The Morgan fingerprint density at radius 2 is 1.62 bits per heavy atom. The summed E-state index contributed by atoms with van der Waals surface area (Å²) in [5, 5.41) is 2.67. The van der Waals surface area contributed by atoms with Gasteiger partial charge in [0, 0.05) is 11.4 Å². The molecule has 0 aliphatic carbocycles. The standard InChI is InChI=1S/C23H23N3O5S/c1-16-3-2-4-19(13-16)26-32(29,30)21-11-9-20(10-12-21)31-15-23(28)25-18-7-5-17(6-8-18)14-22(24)27/h2-13,26H,14-15H2,1H3,(H2,24,27)(H,25,28). The summed E-state index contributed by atoms with van der Waals surface area (Å²) in [5.41, 5.74) is 7.86. The number of anilines is 2. The Morgan fingerprint density at radius 3 is 2.25 bits per heavy atom. The van der Waals surface area contributed by atoms with Crippen LogP contribution in [-0.2, 0) is 26.0 Å². The van der Waals surface area contributed by atoms with Gasteiger partial charge in [0.25, 0.3) is 15.9 Å². The van der Waals surface area contributed by atoms with Crippen LogP contribution in [0.1, 0.15) is 11.1 Å². The van der Waals surface area contributed by atoms with E-state index in [4.69, 9.17) is 10.5 Å². The summed E-state index contributed by atoms with van der Waals surface area (Å²) in [6.45, 7) is 1.62. The highest BCUT2D eigenvalue weighted by Gasteiger charge is 2.14. The Hall–Kier alpha value is -3.85. The van der Waals surface area contributed by atoms with Crippen LogP contribution in [0.2, 0.25) is 0 Å². The Bertz CT molecular complexity index is 1210. The smallest absolute Gasteiger partial charge is 0.262 e. The number of benzene rings is 3. The van der Waals surface area contributed by atoms with Gasteiger partial charge in [-0.15, -0.1) is 0 Å². The summed E-state index contributed by atoms with van der Waals surface area (Å²) in [5.74, 6) is -0.461. The molecule has 0 saturated carbocycles. The maximum absolute atomic E-state index is 12.5. The first kappa shape index (κ1) is 22.8. The van der Waals surface area contributed by atoms with Crippen LogP contribution in [0.25, 0.3) is 0 Å². The first-order valence-electron chi connectivity index (χ1n) is 9.71. The average molecular weight is 454 g/mol. The molecule has 0 bridgehead atoms. The molecule has 0 saturated heterocycles. The topological polar surface area (TPSA) is 128 Å². The van der Waals surface area contributed by atoms with E-state index in [2.05, 4.69) is 10.0 Å². The van der Waals surface area contributed by atoms with Gasteiger partial charge in [-0.25, -0.2) is 8.42 Å². The largest absolute Gasteiger partial charge is 0.484 e. The van der Waals surface area contributed by atoms with Gasteiger partial charge < -0.3 is 15.8 Å². The number of hydrogen-bond donors (Lipinski definition) is 3. The van der Waals surface area contributed by atoms with Gasteiger partial charge in [0.15, 0.2) is 6.61 Å². The Morgan fingerprint density at radius 1 is 0.938 bits per heavy atom. The van der Waals surface area contributed by atoms with Crippen LogP contribution >= 0.6 is 0 Å². The molecule has 3 aromatic carbocycles. The average Bonchev–Trinajstić information content (AvgIpc) is 2.73. The molecule has 0 heterocycles. The molecule has 32 heavy (non-hydrogen) atoms. The summed E-state index contributed by atoms with van der Waals surface area (Å²) in [6.07, 6.45) is 0.129. The third kappa shape index (κ3) is 6.58. The molecule has 0 fully saturated rings. The molecule has 0 aliphatic heterocycles. The molecule has 0 unspecified atom stereocenters. The summed E-state index contributed by atoms with van der Waals surface area (Å²) in [7, 11) is -3.74. The highest BCUT2D eigenvalue weighted by atomic mass is 32.2. The van der Waals surface area contributed by atoms with Crippen molar-refractivity contribution in [2.24, 2.45) is 5.73 Å². The highest BCUT2D eigenvalue weighted by molar-refractivity contribution is 7.92. The van der Waals surface area contributed by atoms with Crippen molar-refractivity contribution >= 4 is 33.2 Å². The number of rotatable bonds is 9. The molecule has 0 spiro atoms. The minimum Gasteiger partial charge on any atom is -0.484 e. The van der Waals surface area contributed by atoms with Crippen LogP contribution in [0.15, 0.2) is 77.7 Å². The normalized spacial score (nSPS) is 10.9. The first-order chi connectivity index (χ1) is 15.2. The van der Waals surface area contributed by atoms with Crippen molar-refractivity contribution in [1.82, 2.24) is 0 Å². The summed E-state index contributed by atoms with van der Waals surface area (Å²) in [6, 6.07) is 19.6. The lowest BCUT2D eigenvalue weighted by Gasteiger charge is -2.10. The second-order valence-corrected chi connectivity index (χ2v) is 8.81. The second-order valence-electron chi connectivity index (χ2n) is 7.12. The lowest BCUT2D eigenvalue weighted by Crippen LogP contribution is -2.20. The SMILES string of the molecule is Cc1cccc(NS(=O)(=O)c2ccc(OCC(=O)Nc3ccc(CC(N)=O)cc3)cc2)c1. The minimum absolute atomic E-state index is 0.0758. The molecule has 9 heteroatoms. The van der Waals surface area contributed by atoms with E-state index in [1.165, 1.54) is 24.3 Å². The zero-order valence-electron chi connectivity index (χ0n) is 17.4. The number of nitrogens with one attached hydrogen (secondary N) is 2. The highest BCUT2D eigenvalue weighted by Crippen LogP contribution is 2.20. The molecule has 8 nitrogen and oxygen atoms in total. The van der Waals surface area contributed by atoms with Crippen molar-refractivity contribution in [3.05, 3.63) is 83.9 Å². The van der Waals surface area contributed by atoms with Crippen LogP contribution < -0.4 is 20.5 Å². The van der Waals surface area contributed by atoms with Crippen molar-refractivity contribution in [3.63, 3.8) is 0 Å². The van der Waals surface area contributed by atoms with Gasteiger partial charge in [0.1, 0.15) is 5.75 Å². The molecule has 3 rings (SSSR count). The maximum Gasteiger partial charge on any atom is 0.262 e. The van der Waals surface area contributed by atoms with E-state index in [1.807, 2.05) is 13.0 Å². The first-order valence-corrected chi connectivity index (χ1v) is 11.2. The van der Waals surface area contributed by atoms with Gasteiger partial charge in [-0.2, -0.15) is 0 Å². The van der Waals surface area contributed by atoms with Crippen LogP contribution in [0.4, 0.5) is 11.4 Å². The van der Waals surface area contributed by atoms with Crippen molar-refractivity contribution in [3.8, 4) is 5.75 Å². The molecule has 3 aromatic rings. The lowest BCUT2D eigenvalue weighted by molar-refractivity contribution is -0.118. The van der Waals surface area contributed by atoms with Crippen molar-refractivity contribution < 1.29 is 22.7 Å². The molecular formula is C23H23N3O5S. The monoisotopic (exact) mass is 453 g/mol.